The Bertz CT molecular complexity index is 1200. The van der Waals surface area contributed by atoms with Crippen molar-refractivity contribution in [3.8, 4) is 11.4 Å². The molecular weight excluding hydrogens is 352 g/mol. The lowest BCUT2D eigenvalue weighted by atomic mass is 10.1. The normalized spacial score (nSPS) is 12.1. The van der Waals surface area contributed by atoms with Gasteiger partial charge in [0.1, 0.15) is 23.6 Å². The summed E-state index contributed by atoms with van der Waals surface area (Å²) in [7, 11) is 0. The van der Waals surface area contributed by atoms with Gasteiger partial charge in [-0.2, -0.15) is 5.10 Å². The van der Waals surface area contributed by atoms with Crippen LogP contribution < -0.4 is 5.73 Å². The van der Waals surface area contributed by atoms with Crippen molar-refractivity contribution in [1.29, 1.82) is 0 Å². The van der Waals surface area contributed by atoms with Gasteiger partial charge in [0.15, 0.2) is 5.65 Å². The Labute approximate surface area is 163 Å². The van der Waals surface area contributed by atoms with Crippen LogP contribution in [0.1, 0.15) is 39.7 Å². The molecule has 1 aromatic carbocycles. The van der Waals surface area contributed by atoms with Crippen LogP contribution in [0.4, 0.5) is 5.82 Å². The van der Waals surface area contributed by atoms with Crippen molar-refractivity contribution in [2.24, 2.45) is 0 Å². The topological polar surface area (TPSA) is 102 Å². The molecule has 7 heteroatoms. The second-order valence-electron chi connectivity index (χ2n) is 8.06. The third-order valence-corrected chi connectivity index (χ3v) is 4.87. The van der Waals surface area contributed by atoms with Crippen molar-refractivity contribution in [3.05, 3.63) is 36.2 Å². The van der Waals surface area contributed by atoms with E-state index in [-0.39, 0.29) is 11.3 Å². The molecule has 0 saturated carbocycles. The molecule has 0 atom stereocenters. The molecule has 3 heterocycles. The zero-order valence-electron chi connectivity index (χ0n) is 16.6. The van der Waals surface area contributed by atoms with E-state index in [4.69, 9.17) is 10.8 Å². The monoisotopic (exact) mass is 376 g/mol. The fraction of sp³-hybridized carbons (Fsp3) is 0.333. The largest absolute Gasteiger partial charge is 0.383 e. The van der Waals surface area contributed by atoms with Gasteiger partial charge in [0.2, 0.25) is 0 Å². The number of nitrogen functional groups attached to an aromatic ring is 1. The standard InChI is InChI=1S/C21H24N6O/c1-5-14(28)8-12-6-7-13-10-16(25-15(13)9-12)18-17-19(22)23-11-24-20(17)27(26-18)21(2,3)4/h6-7,9-11,25H,5,8H2,1-4H3,(H2,22,23,24). The Morgan fingerprint density at radius 2 is 2.00 bits per heavy atom. The number of H-pyrrole nitrogens is 1. The summed E-state index contributed by atoms with van der Waals surface area (Å²) in [6.45, 7) is 8.11. The molecule has 3 aromatic heterocycles. The summed E-state index contributed by atoms with van der Waals surface area (Å²) in [6.07, 6.45) is 2.46. The molecule has 0 spiro atoms. The van der Waals surface area contributed by atoms with Crippen molar-refractivity contribution in [1.82, 2.24) is 24.7 Å². The van der Waals surface area contributed by atoms with Crippen LogP contribution in [0, 0.1) is 0 Å². The molecule has 0 aliphatic carbocycles. The summed E-state index contributed by atoms with van der Waals surface area (Å²) in [6, 6.07) is 8.09. The summed E-state index contributed by atoms with van der Waals surface area (Å²) < 4.78 is 1.88. The number of nitrogens with two attached hydrogens (primary N) is 1. The van der Waals surface area contributed by atoms with Crippen LogP contribution in [0.5, 0.6) is 0 Å². The van der Waals surface area contributed by atoms with Crippen LogP contribution in [-0.2, 0) is 16.8 Å². The lowest BCUT2D eigenvalue weighted by molar-refractivity contribution is -0.118. The predicted octanol–water partition coefficient (Wildman–Crippen LogP) is 3.83. The Balaban J connectivity index is 1.88. The molecule has 0 fully saturated rings. The number of carbonyl (C=O) groups excluding carboxylic acids is 1. The number of anilines is 1. The number of ketones is 1. The van der Waals surface area contributed by atoms with Crippen molar-refractivity contribution in [2.75, 3.05) is 5.73 Å². The third kappa shape index (κ3) is 3.02. The fourth-order valence-electron chi connectivity index (χ4n) is 3.40. The van der Waals surface area contributed by atoms with Crippen LogP contribution in [0.2, 0.25) is 0 Å². The zero-order valence-corrected chi connectivity index (χ0v) is 16.6. The average molecular weight is 376 g/mol. The van der Waals surface area contributed by atoms with E-state index in [1.807, 2.05) is 35.9 Å². The van der Waals surface area contributed by atoms with E-state index in [2.05, 4.69) is 35.7 Å². The summed E-state index contributed by atoms with van der Waals surface area (Å²) in [5.74, 6) is 0.634. The Morgan fingerprint density at radius 3 is 2.71 bits per heavy atom. The van der Waals surface area contributed by atoms with Crippen molar-refractivity contribution < 1.29 is 4.79 Å². The second-order valence-corrected chi connectivity index (χ2v) is 8.06. The van der Waals surface area contributed by atoms with Gasteiger partial charge in [-0.25, -0.2) is 14.6 Å². The number of rotatable bonds is 4. The van der Waals surface area contributed by atoms with Crippen LogP contribution in [0.3, 0.4) is 0 Å². The molecule has 144 valence electrons. The van der Waals surface area contributed by atoms with Gasteiger partial charge in [0.05, 0.1) is 16.6 Å². The Kier molecular flexibility index (Phi) is 4.18. The highest BCUT2D eigenvalue weighted by molar-refractivity contribution is 6.00. The molecule has 28 heavy (non-hydrogen) atoms. The minimum absolute atomic E-state index is 0.228. The second kappa shape index (κ2) is 6.44. The van der Waals surface area contributed by atoms with Crippen LogP contribution in [-0.4, -0.2) is 30.5 Å². The van der Waals surface area contributed by atoms with Gasteiger partial charge < -0.3 is 10.7 Å². The SMILES string of the molecule is CCC(=O)Cc1ccc2cc(-c3nn(C(C)(C)C)c4ncnc(N)c34)[nH]c2c1. The van der Waals surface area contributed by atoms with Gasteiger partial charge in [-0.15, -0.1) is 0 Å². The summed E-state index contributed by atoms with van der Waals surface area (Å²) in [4.78, 5) is 23.8. The average Bonchev–Trinajstić information content (AvgIpc) is 3.22. The van der Waals surface area contributed by atoms with E-state index >= 15 is 0 Å². The number of aromatic amines is 1. The lowest BCUT2D eigenvalue weighted by Crippen LogP contribution is -2.23. The number of Topliss-reactive ketones (excluding diaryl/α,β-unsaturated/α-hetero) is 1. The highest BCUT2D eigenvalue weighted by Gasteiger charge is 2.24. The van der Waals surface area contributed by atoms with E-state index in [0.29, 0.717) is 24.3 Å². The maximum Gasteiger partial charge on any atom is 0.164 e. The number of fused-ring (bicyclic) bond motifs is 2. The summed E-state index contributed by atoms with van der Waals surface area (Å²) >= 11 is 0. The predicted molar refractivity (Wildman–Crippen MR) is 111 cm³/mol. The number of aromatic nitrogens is 5. The van der Waals surface area contributed by atoms with Gasteiger partial charge in [-0.3, -0.25) is 4.79 Å². The molecule has 0 aliphatic rings. The maximum atomic E-state index is 11.8. The minimum Gasteiger partial charge on any atom is -0.383 e. The third-order valence-electron chi connectivity index (χ3n) is 4.87. The highest BCUT2D eigenvalue weighted by atomic mass is 16.1. The molecule has 0 amide bonds. The summed E-state index contributed by atoms with van der Waals surface area (Å²) in [5, 5.41) is 6.61. The van der Waals surface area contributed by atoms with Gasteiger partial charge in [0, 0.05) is 23.7 Å². The van der Waals surface area contributed by atoms with E-state index in [1.54, 1.807) is 0 Å². The number of nitrogens with one attached hydrogen (secondary N) is 1. The number of hydrogen-bond donors (Lipinski definition) is 2. The molecule has 4 aromatic rings. The first-order valence-electron chi connectivity index (χ1n) is 9.41. The molecule has 4 rings (SSSR count). The van der Waals surface area contributed by atoms with Crippen molar-refractivity contribution >= 4 is 33.5 Å². The first kappa shape index (κ1) is 18.2. The van der Waals surface area contributed by atoms with Gasteiger partial charge >= 0.3 is 0 Å². The lowest BCUT2D eigenvalue weighted by Gasteiger charge is -2.19. The molecule has 0 unspecified atom stereocenters. The van der Waals surface area contributed by atoms with Gasteiger partial charge in [0.25, 0.3) is 0 Å². The summed E-state index contributed by atoms with van der Waals surface area (Å²) in [5.41, 5.74) is 10.2. The first-order valence-corrected chi connectivity index (χ1v) is 9.41. The van der Waals surface area contributed by atoms with Crippen LogP contribution >= 0.6 is 0 Å². The Hall–Kier alpha value is -3.22. The Morgan fingerprint density at radius 1 is 1.21 bits per heavy atom. The molecular formula is C21H24N6O. The molecule has 0 saturated heterocycles. The fourth-order valence-corrected chi connectivity index (χ4v) is 3.40. The molecule has 0 aliphatic heterocycles. The van der Waals surface area contributed by atoms with E-state index in [9.17, 15) is 4.79 Å². The number of benzene rings is 1. The van der Waals surface area contributed by atoms with Crippen molar-refractivity contribution in [3.63, 3.8) is 0 Å². The van der Waals surface area contributed by atoms with E-state index < -0.39 is 0 Å². The minimum atomic E-state index is -0.253. The zero-order chi connectivity index (χ0) is 20.1. The molecule has 0 bridgehead atoms. The molecule has 0 radical (unpaired) electrons. The van der Waals surface area contributed by atoms with E-state index in [0.717, 1.165) is 33.2 Å². The van der Waals surface area contributed by atoms with Crippen LogP contribution in [0.25, 0.3) is 33.3 Å². The van der Waals surface area contributed by atoms with Crippen molar-refractivity contribution in [2.45, 2.75) is 46.1 Å². The molecule has 3 N–H and O–H groups in total. The number of carbonyl (C=O) groups is 1. The number of hydrogen-bond acceptors (Lipinski definition) is 5. The highest BCUT2D eigenvalue weighted by Crippen LogP contribution is 2.34. The number of nitrogens with zero attached hydrogens (tertiary/aromatic N) is 4. The molecule has 7 nitrogen and oxygen atoms in total. The quantitative estimate of drug-likeness (QED) is 0.563. The smallest absolute Gasteiger partial charge is 0.164 e. The van der Waals surface area contributed by atoms with E-state index in [1.165, 1.54) is 6.33 Å². The van der Waals surface area contributed by atoms with Gasteiger partial charge in [-0.05, 0) is 38.5 Å². The first-order chi connectivity index (χ1) is 13.3. The van der Waals surface area contributed by atoms with Crippen LogP contribution in [0.15, 0.2) is 30.6 Å². The van der Waals surface area contributed by atoms with Gasteiger partial charge in [-0.1, -0.05) is 19.1 Å². The maximum absolute atomic E-state index is 11.8.